The molecule has 3 heteroatoms. The number of hydrogen-bond acceptors (Lipinski definition) is 1. The van der Waals surface area contributed by atoms with Crippen LogP contribution in [0, 0.1) is 19.7 Å². The van der Waals surface area contributed by atoms with Crippen LogP contribution in [0.5, 0.6) is 0 Å². The molecule has 102 valence electrons. The predicted octanol–water partition coefficient (Wildman–Crippen LogP) is 4.09. The topological polar surface area (TPSA) is 29.1 Å². The number of anilines is 1. The van der Waals surface area contributed by atoms with Crippen molar-refractivity contribution in [2.24, 2.45) is 0 Å². The molecule has 1 N–H and O–H groups in total. The molecule has 2 aromatic rings. The van der Waals surface area contributed by atoms with Crippen LogP contribution in [0.2, 0.25) is 0 Å². The predicted molar refractivity (Wildman–Crippen MR) is 80.0 cm³/mol. The molecular weight excluding hydrogens is 253 g/mol. The Balaban J connectivity index is 2.05. The molecule has 0 atom stereocenters. The summed E-state index contributed by atoms with van der Waals surface area (Å²) in [6, 6.07) is 11.7. The van der Waals surface area contributed by atoms with Crippen molar-refractivity contribution in [1.29, 1.82) is 0 Å². The zero-order valence-corrected chi connectivity index (χ0v) is 11.5. The van der Waals surface area contributed by atoms with Gasteiger partial charge in [-0.2, -0.15) is 0 Å². The first-order chi connectivity index (χ1) is 9.56. The Labute approximate surface area is 118 Å². The van der Waals surface area contributed by atoms with Crippen LogP contribution >= 0.6 is 0 Å². The molecule has 0 spiro atoms. The summed E-state index contributed by atoms with van der Waals surface area (Å²) < 4.78 is 12.8. The summed E-state index contributed by atoms with van der Waals surface area (Å²) in [5, 5.41) is 2.83. The Morgan fingerprint density at radius 3 is 2.50 bits per heavy atom. The molecule has 0 aromatic heterocycles. The zero-order chi connectivity index (χ0) is 14.5. The number of rotatable bonds is 3. The van der Waals surface area contributed by atoms with Crippen molar-refractivity contribution in [3.05, 3.63) is 71.0 Å². The third kappa shape index (κ3) is 3.54. The third-order valence-electron chi connectivity index (χ3n) is 3.16. The fraction of sp³-hybridized carbons (Fsp3) is 0.118. The minimum Gasteiger partial charge on any atom is -0.322 e. The van der Waals surface area contributed by atoms with E-state index in [2.05, 4.69) is 5.32 Å². The first kappa shape index (κ1) is 14.0. The van der Waals surface area contributed by atoms with Gasteiger partial charge in [0.2, 0.25) is 5.91 Å². The molecule has 0 heterocycles. The van der Waals surface area contributed by atoms with Gasteiger partial charge >= 0.3 is 0 Å². The Morgan fingerprint density at radius 2 is 1.80 bits per heavy atom. The van der Waals surface area contributed by atoms with Crippen LogP contribution in [0.15, 0.2) is 48.5 Å². The zero-order valence-electron chi connectivity index (χ0n) is 11.5. The van der Waals surface area contributed by atoms with Crippen molar-refractivity contribution in [3.8, 4) is 0 Å². The second-order valence-corrected chi connectivity index (χ2v) is 4.62. The van der Waals surface area contributed by atoms with Gasteiger partial charge < -0.3 is 5.32 Å². The molecule has 20 heavy (non-hydrogen) atoms. The highest BCUT2D eigenvalue weighted by atomic mass is 19.1. The van der Waals surface area contributed by atoms with E-state index in [1.54, 1.807) is 18.2 Å². The molecular formula is C17H16FNO. The molecule has 2 rings (SSSR count). The monoisotopic (exact) mass is 269 g/mol. The fourth-order valence-electron chi connectivity index (χ4n) is 1.81. The summed E-state index contributed by atoms with van der Waals surface area (Å²) in [6.45, 7) is 3.97. The number of nitrogens with one attached hydrogen (secondary N) is 1. The van der Waals surface area contributed by atoms with Crippen LogP contribution < -0.4 is 5.32 Å². The molecule has 0 aliphatic rings. The SMILES string of the molecule is Cc1cccc(NC(=O)/C=C/c2ccc(F)cc2)c1C. The van der Waals surface area contributed by atoms with Gasteiger partial charge in [0, 0.05) is 11.8 Å². The van der Waals surface area contributed by atoms with Crippen LogP contribution in [0.25, 0.3) is 6.08 Å². The molecule has 0 aliphatic heterocycles. The Morgan fingerprint density at radius 1 is 1.10 bits per heavy atom. The van der Waals surface area contributed by atoms with E-state index in [9.17, 15) is 9.18 Å². The lowest BCUT2D eigenvalue weighted by Crippen LogP contribution is -2.09. The van der Waals surface area contributed by atoms with Gasteiger partial charge in [-0.05, 0) is 54.8 Å². The number of aryl methyl sites for hydroxylation is 1. The van der Waals surface area contributed by atoms with Crippen LogP contribution in [-0.2, 0) is 4.79 Å². The van der Waals surface area contributed by atoms with Gasteiger partial charge in [-0.15, -0.1) is 0 Å². The van der Waals surface area contributed by atoms with E-state index in [0.717, 1.165) is 22.4 Å². The first-order valence-electron chi connectivity index (χ1n) is 6.37. The van der Waals surface area contributed by atoms with Gasteiger partial charge in [0.25, 0.3) is 0 Å². The highest BCUT2D eigenvalue weighted by Crippen LogP contribution is 2.17. The van der Waals surface area contributed by atoms with E-state index >= 15 is 0 Å². The number of benzene rings is 2. The Hall–Kier alpha value is -2.42. The molecule has 1 amide bonds. The van der Waals surface area contributed by atoms with Crippen molar-refractivity contribution in [2.75, 3.05) is 5.32 Å². The fourth-order valence-corrected chi connectivity index (χ4v) is 1.81. The summed E-state index contributed by atoms with van der Waals surface area (Å²) in [5.41, 5.74) is 3.77. The van der Waals surface area contributed by atoms with Gasteiger partial charge in [-0.3, -0.25) is 4.79 Å². The van der Waals surface area contributed by atoms with E-state index < -0.39 is 0 Å². The summed E-state index contributed by atoms with van der Waals surface area (Å²) in [4.78, 5) is 11.8. The van der Waals surface area contributed by atoms with Gasteiger partial charge in [-0.1, -0.05) is 24.3 Å². The normalized spacial score (nSPS) is 10.8. The number of carbonyl (C=O) groups is 1. The van der Waals surface area contributed by atoms with Crippen LogP contribution in [0.3, 0.4) is 0 Å². The summed E-state index contributed by atoms with van der Waals surface area (Å²) in [7, 11) is 0. The lowest BCUT2D eigenvalue weighted by Gasteiger charge is -2.08. The molecule has 0 saturated carbocycles. The van der Waals surface area contributed by atoms with Crippen molar-refractivity contribution in [1.82, 2.24) is 0 Å². The number of carbonyl (C=O) groups excluding carboxylic acids is 1. The largest absolute Gasteiger partial charge is 0.322 e. The molecule has 2 aromatic carbocycles. The standard InChI is InChI=1S/C17H16FNO/c1-12-4-3-5-16(13(12)2)19-17(20)11-8-14-6-9-15(18)10-7-14/h3-11H,1-2H3,(H,19,20)/b11-8+. The average molecular weight is 269 g/mol. The quantitative estimate of drug-likeness (QED) is 0.835. The van der Waals surface area contributed by atoms with Crippen LogP contribution in [0.1, 0.15) is 16.7 Å². The van der Waals surface area contributed by atoms with Crippen molar-refractivity contribution < 1.29 is 9.18 Å². The van der Waals surface area contributed by atoms with E-state index in [1.807, 2.05) is 32.0 Å². The summed E-state index contributed by atoms with van der Waals surface area (Å²) in [6.07, 6.45) is 3.09. The maximum atomic E-state index is 12.8. The van der Waals surface area contributed by atoms with Gasteiger partial charge in [0.05, 0.1) is 0 Å². The maximum absolute atomic E-state index is 12.8. The highest BCUT2D eigenvalue weighted by Gasteiger charge is 2.02. The van der Waals surface area contributed by atoms with Gasteiger partial charge in [0.1, 0.15) is 5.82 Å². The van der Waals surface area contributed by atoms with Gasteiger partial charge in [0.15, 0.2) is 0 Å². The Kier molecular flexibility index (Phi) is 4.31. The lowest BCUT2D eigenvalue weighted by atomic mass is 10.1. The average Bonchev–Trinajstić information content (AvgIpc) is 2.43. The highest BCUT2D eigenvalue weighted by molar-refractivity contribution is 6.02. The molecule has 0 radical (unpaired) electrons. The van der Waals surface area contributed by atoms with E-state index in [-0.39, 0.29) is 11.7 Å². The first-order valence-corrected chi connectivity index (χ1v) is 6.37. The van der Waals surface area contributed by atoms with Crippen molar-refractivity contribution in [2.45, 2.75) is 13.8 Å². The molecule has 0 fully saturated rings. The Bertz CT molecular complexity index is 645. The summed E-state index contributed by atoms with van der Waals surface area (Å²) >= 11 is 0. The van der Waals surface area contributed by atoms with E-state index in [1.165, 1.54) is 18.2 Å². The molecule has 0 saturated heterocycles. The molecule has 2 nitrogen and oxygen atoms in total. The van der Waals surface area contributed by atoms with E-state index in [4.69, 9.17) is 0 Å². The second-order valence-electron chi connectivity index (χ2n) is 4.62. The van der Waals surface area contributed by atoms with Crippen molar-refractivity contribution >= 4 is 17.7 Å². The number of hydrogen-bond donors (Lipinski definition) is 1. The number of halogens is 1. The molecule has 0 bridgehead atoms. The summed E-state index contributed by atoms with van der Waals surface area (Å²) in [5.74, 6) is -0.495. The molecule has 0 unspecified atom stereocenters. The minimum atomic E-state index is -0.290. The second kappa shape index (κ2) is 6.15. The minimum absolute atomic E-state index is 0.206. The molecule has 0 aliphatic carbocycles. The number of amides is 1. The van der Waals surface area contributed by atoms with Gasteiger partial charge in [-0.25, -0.2) is 4.39 Å². The van der Waals surface area contributed by atoms with Crippen LogP contribution in [0.4, 0.5) is 10.1 Å². The van der Waals surface area contributed by atoms with E-state index in [0.29, 0.717) is 0 Å². The third-order valence-corrected chi connectivity index (χ3v) is 3.16. The van der Waals surface area contributed by atoms with Crippen molar-refractivity contribution in [3.63, 3.8) is 0 Å². The maximum Gasteiger partial charge on any atom is 0.248 e. The smallest absolute Gasteiger partial charge is 0.248 e. The lowest BCUT2D eigenvalue weighted by molar-refractivity contribution is -0.111. The van der Waals surface area contributed by atoms with Crippen LogP contribution in [-0.4, -0.2) is 5.91 Å².